The second kappa shape index (κ2) is 10.6. The number of carbonyl (C=O) groups excluding carboxylic acids is 1. The Balaban J connectivity index is 1.60. The molecule has 1 aliphatic heterocycles. The molecule has 1 amide bonds. The van der Waals surface area contributed by atoms with Gasteiger partial charge in [-0.2, -0.15) is 0 Å². The van der Waals surface area contributed by atoms with Gasteiger partial charge in [0.15, 0.2) is 5.16 Å². The van der Waals surface area contributed by atoms with Crippen LogP contribution in [0.1, 0.15) is 26.3 Å². The molecule has 0 aliphatic carbocycles. The fourth-order valence-electron chi connectivity index (χ4n) is 3.22. The van der Waals surface area contributed by atoms with Gasteiger partial charge in [0.05, 0.1) is 18.5 Å². The molecule has 8 heteroatoms. The Morgan fingerprint density at radius 3 is 2.59 bits per heavy atom. The van der Waals surface area contributed by atoms with E-state index in [1.807, 2.05) is 25.1 Å². The monoisotopic (exact) mass is 417 g/mol. The largest absolute Gasteiger partial charge is 0.378 e. The highest BCUT2D eigenvalue weighted by atomic mass is 32.2. The van der Waals surface area contributed by atoms with Crippen molar-refractivity contribution < 1.29 is 9.53 Å². The van der Waals surface area contributed by atoms with Gasteiger partial charge in [-0.1, -0.05) is 55.9 Å². The first-order valence-corrected chi connectivity index (χ1v) is 11.2. The van der Waals surface area contributed by atoms with E-state index in [0.29, 0.717) is 25.7 Å². The van der Waals surface area contributed by atoms with Gasteiger partial charge in [0, 0.05) is 26.2 Å². The lowest BCUT2D eigenvalue weighted by molar-refractivity contribution is -0.120. The minimum absolute atomic E-state index is 0.0259. The van der Waals surface area contributed by atoms with Crippen LogP contribution in [0.5, 0.6) is 0 Å². The summed E-state index contributed by atoms with van der Waals surface area (Å²) < 4.78 is 7.60. The van der Waals surface area contributed by atoms with Crippen LogP contribution in [0.2, 0.25) is 0 Å². The van der Waals surface area contributed by atoms with Crippen LogP contribution in [0, 0.1) is 5.92 Å². The van der Waals surface area contributed by atoms with Crippen molar-refractivity contribution in [2.45, 2.75) is 44.1 Å². The Kier molecular flexibility index (Phi) is 7.94. The smallest absolute Gasteiger partial charge is 0.233 e. The predicted octanol–water partition coefficient (Wildman–Crippen LogP) is 2.61. The van der Waals surface area contributed by atoms with Gasteiger partial charge in [-0.25, -0.2) is 0 Å². The Morgan fingerprint density at radius 1 is 1.17 bits per heavy atom. The molecule has 158 valence electrons. The van der Waals surface area contributed by atoms with Gasteiger partial charge in [-0.05, 0) is 24.8 Å². The minimum Gasteiger partial charge on any atom is -0.378 e. The first-order valence-electron chi connectivity index (χ1n) is 10.3. The molecule has 2 heterocycles. The quantitative estimate of drug-likeness (QED) is 0.633. The van der Waals surface area contributed by atoms with Gasteiger partial charge in [-0.3, -0.25) is 9.36 Å². The zero-order chi connectivity index (χ0) is 20.6. The van der Waals surface area contributed by atoms with E-state index >= 15 is 0 Å². The van der Waals surface area contributed by atoms with E-state index in [1.54, 1.807) is 0 Å². The molecular formula is C21H31N5O2S. The van der Waals surface area contributed by atoms with Crippen molar-refractivity contribution in [3.05, 3.63) is 35.9 Å². The normalized spacial score (nSPS) is 15.5. The number of hydrogen-bond donors (Lipinski definition) is 1. The van der Waals surface area contributed by atoms with Crippen LogP contribution in [0.4, 0.5) is 5.95 Å². The molecule has 1 unspecified atom stereocenters. The van der Waals surface area contributed by atoms with Gasteiger partial charge in [-0.15, -0.1) is 10.2 Å². The number of amides is 1. The number of hydrogen-bond acceptors (Lipinski definition) is 6. The van der Waals surface area contributed by atoms with Gasteiger partial charge in [0.25, 0.3) is 0 Å². The lowest BCUT2D eigenvalue weighted by Gasteiger charge is -2.28. The van der Waals surface area contributed by atoms with Crippen molar-refractivity contribution in [3.8, 4) is 0 Å². The van der Waals surface area contributed by atoms with Crippen LogP contribution >= 0.6 is 11.8 Å². The van der Waals surface area contributed by atoms with Crippen molar-refractivity contribution in [1.82, 2.24) is 20.1 Å². The summed E-state index contributed by atoms with van der Waals surface area (Å²) >= 11 is 1.47. The number of aromatic nitrogens is 3. The SMILES string of the molecule is CC(C)Cn1c(SC(C)C(=O)NCCc2ccccc2)nnc1N1CCOCC1. The van der Waals surface area contributed by atoms with E-state index in [0.717, 1.165) is 37.2 Å². The van der Waals surface area contributed by atoms with Gasteiger partial charge in [0.1, 0.15) is 0 Å². The molecule has 7 nitrogen and oxygen atoms in total. The number of carbonyl (C=O) groups is 1. The first-order chi connectivity index (χ1) is 14.0. The third kappa shape index (κ3) is 6.21. The minimum atomic E-state index is -0.238. The number of anilines is 1. The standard InChI is InChI=1S/C21H31N5O2S/c1-16(2)15-26-20(25-11-13-28-14-12-25)23-24-21(26)29-17(3)19(27)22-10-9-18-7-5-4-6-8-18/h4-8,16-17H,9-15H2,1-3H3,(H,22,27). The maximum atomic E-state index is 12.6. The summed E-state index contributed by atoms with van der Waals surface area (Å²) in [5.74, 6) is 1.36. The molecule has 3 rings (SSSR count). The number of thioether (sulfide) groups is 1. The first kappa shape index (κ1) is 21.6. The molecule has 1 aromatic heterocycles. The van der Waals surface area contributed by atoms with Crippen LogP contribution in [-0.4, -0.2) is 58.8 Å². The van der Waals surface area contributed by atoms with E-state index in [4.69, 9.17) is 4.74 Å². The van der Waals surface area contributed by atoms with Crippen molar-refractivity contribution >= 4 is 23.6 Å². The molecular weight excluding hydrogens is 386 g/mol. The predicted molar refractivity (Wildman–Crippen MR) is 116 cm³/mol. The molecule has 0 spiro atoms. The summed E-state index contributed by atoms with van der Waals surface area (Å²) in [5, 5.41) is 12.4. The molecule has 1 saturated heterocycles. The highest BCUT2D eigenvalue weighted by Crippen LogP contribution is 2.27. The fourth-order valence-corrected chi connectivity index (χ4v) is 4.10. The maximum Gasteiger partial charge on any atom is 0.233 e. The Morgan fingerprint density at radius 2 is 1.90 bits per heavy atom. The summed E-state index contributed by atoms with van der Waals surface area (Å²) in [5.41, 5.74) is 1.22. The average molecular weight is 418 g/mol. The lowest BCUT2D eigenvalue weighted by Crippen LogP contribution is -2.38. The number of rotatable bonds is 9. The molecule has 1 aliphatic rings. The molecule has 1 fully saturated rings. The van der Waals surface area contributed by atoms with Crippen LogP contribution in [-0.2, 0) is 22.5 Å². The summed E-state index contributed by atoms with van der Waals surface area (Å²) in [4.78, 5) is 14.8. The van der Waals surface area contributed by atoms with Crippen molar-refractivity contribution in [1.29, 1.82) is 0 Å². The van der Waals surface area contributed by atoms with Crippen LogP contribution in [0.3, 0.4) is 0 Å². The molecule has 29 heavy (non-hydrogen) atoms. The Hall–Kier alpha value is -2.06. The highest BCUT2D eigenvalue weighted by Gasteiger charge is 2.24. The van der Waals surface area contributed by atoms with Crippen LogP contribution in [0.15, 0.2) is 35.5 Å². The van der Waals surface area contributed by atoms with E-state index in [-0.39, 0.29) is 11.2 Å². The van der Waals surface area contributed by atoms with E-state index in [2.05, 4.69) is 51.0 Å². The zero-order valence-corrected chi connectivity index (χ0v) is 18.3. The third-order valence-electron chi connectivity index (χ3n) is 4.75. The number of morpholine rings is 1. The van der Waals surface area contributed by atoms with Crippen molar-refractivity contribution in [2.75, 3.05) is 37.7 Å². The third-order valence-corrected chi connectivity index (χ3v) is 5.83. The summed E-state index contributed by atoms with van der Waals surface area (Å²) in [6.07, 6.45) is 0.828. The molecule has 0 radical (unpaired) electrons. The molecule has 0 bridgehead atoms. The molecule has 2 aromatic rings. The number of nitrogens with zero attached hydrogens (tertiary/aromatic N) is 4. The van der Waals surface area contributed by atoms with Gasteiger partial charge >= 0.3 is 0 Å². The van der Waals surface area contributed by atoms with E-state index < -0.39 is 0 Å². The second-order valence-corrected chi connectivity index (χ2v) is 8.98. The van der Waals surface area contributed by atoms with Crippen LogP contribution < -0.4 is 10.2 Å². The van der Waals surface area contributed by atoms with Gasteiger partial charge < -0.3 is 15.0 Å². The van der Waals surface area contributed by atoms with Crippen molar-refractivity contribution in [2.24, 2.45) is 5.92 Å². The van der Waals surface area contributed by atoms with Crippen molar-refractivity contribution in [3.63, 3.8) is 0 Å². The highest BCUT2D eigenvalue weighted by molar-refractivity contribution is 8.00. The zero-order valence-electron chi connectivity index (χ0n) is 17.5. The molecule has 0 saturated carbocycles. The summed E-state index contributed by atoms with van der Waals surface area (Å²) in [6, 6.07) is 10.2. The Bertz CT molecular complexity index is 775. The summed E-state index contributed by atoms with van der Waals surface area (Å²) in [7, 11) is 0. The molecule has 1 aromatic carbocycles. The second-order valence-electron chi connectivity index (χ2n) is 7.67. The number of ether oxygens (including phenoxy) is 1. The average Bonchev–Trinajstić information content (AvgIpc) is 3.10. The summed E-state index contributed by atoms with van der Waals surface area (Å²) in [6.45, 7) is 10.8. The van der Waals surface area contributed by atoms with E-state index in [9.17, 15) is 4.79 Å². The number of benzene rings is 1. The molecule has 1 N–H and O–H groups in total. The Labute approximate surface area is 177 Å². The lowest BCUT2D eigenvalue weighted by atomic mass is 10.1. The topological polar surface area (TPSA) is 72.3 Å². The molecule has 1 atom stereocenters. The maximum absolute atomic E-state index is 12.6. The fraction of sp³-hybridized carbons (Fsp3) is 0.571. The number of nitrogens with one attached hydrogen (secondary N) is 1. The van der Waals surface area contributed by atoms with E-state index in [1.165, 1.54) is 17.3 Å². The van der Waals surface area contributed by atoms with Gasteiger partial charge in [0.2, 0.25) is 11.9 Å². The van der Waals surface area contributed by atoms with Crippen LogP contribution in [0.25, 0.3) is 0 Å².